The predicted octanol–water partition coefficient (Wildman–Crippen LogP) is 4.98. The highest BCUT2D eigenvalue weighted by Gasteiger charge is 1.97. The van der Waals surface area contributed by atoms with Crippen LogP contribution in [0.1, 0.15) is 103 Å². The molecule has 5 heteroatoms. The molecule has 0 aromatic carbocycles. The third-order valence-electron chi connectivity index (χ3n) is 4.30. The van der Waals surface area contributed by atoms with Crippen molar-refractivity contribution < 1.29 is 14.7 Å². The van der Waals surface area contributed by atoms with Crippen molar-refractivity contribution in [1.82, 2.24) is 4.90 Å². The predicted molar refractivity (Wildman–Crippen MR) is 110 cm³/mol. The van der Waals surface area contributed by atoms with Crippen molar-refractivity contribution in [2.24, 2.45) is 5.73 Å². The van der Waals surface area contributed by atoms with Gasteiger partial charge >= 0.3 is 5.97 Å². The number of amides is 1. The molecule has 0 rings (SSSR count). The third kappa shape index (κ3) is 30.7. The molecule has 156 valence electrons. The zero-order valence-electron chi connectivity index (χ0n) is 17.6. The molecule has 0 aliphatic carbocycles. The first kappa shape index (κ1) is 27.1. The normalized spacial score (nSPS) is 10.5. The van der Waals surface area contributed by atoms with Crippen molar-refractivity contribution in [2.45, 2.75) is 103 Å². The smallest absolute Gasteiger partial charge is 0.303 e. The summed E-state index contributed by atoms with van der Waals surface area (Å²) in [6.07, 6.45) is 17.7. The molecule has 0 unspecified atom stereocenters. The summed E-state index contributed by atoms with van der Waals surface area (Å²) in [5.74, 6) is -0.892. The van der Waals surface area contributed by atoms with Crippen LogP contribution in [0.5, 0.6) is 0 Å². The minimum Gasteiger partial charge on any atom is -0.481 e. The van der Waals surface area contributed by atoms with Crippen molar-refractivity contribution in [3.05, 3.63) is 0 Å². The van der Waals surface area contributed by atoms with Crippen molar-refractivity contribution in [3.8, 4) is 0 Å². The lowest BCUT2D eigenvalue weighted by Crippen LogP contribution is -2.20. The van der Waals surface area contributed by atoms with E-state index in [4.69, 9.17) is 10.8 Å². The molecule has 0 heterocycles. The SMILES string of the molecule is CCCCCCCCCCCCCCCC(=O)O.CN(C)CCC(N)=O. The Bertz CT molecular complexity index is 320. The number of carbonyl (C=O) groups excluding carboxylic acids is 1. The number of rotatable bonds is 17. The maximum Gasteiger partial charge on any atom is 0.303 e. The number of aliphatic carboxylic acids is 1. The van der Waals surface area contributed by atoms with Crippen LogP contribution in [0.4, 0.5) is 0 Å². The van der Waals surface area contributed by atoms with Crippen LogP contribution in [0.2, 0.25) is 0 Å². The van der Waals surface area contributed by atoms with Crippen molar-refractivity contribution >= 4 is 11.9 Å². The molecule has 3 N–H and O–H groups in total. The van der Waals surface area contributed by atoms with E-state index in [0.29, 0.717) is 12.8 Å². The maximum absolute atomic E-state index is 10.3. The summed E-state index contributed by atoms with van der Waals surface area (Å²) in [6.45, 7) is 3.01. The Balaban J connectivity index is 0. The van der Waals surface area contributed by atoms with Crippen LogP contribution in [0, 0.1) is 0 Å². The summed E-state index contributed by atoms with van der Waals surface area (Å²) in [7, 11) is 3.81. The van der Waals surface area contributed by atoms with E-state index in [2.05, 4.69) is 6.92 Å². The molecular formula is C21H44N2O3. The zero-order valence-corrected chi connectivity index (χ0v) is 17.6. The van der Waals surface area contributed by atoms with E-state index in [1.807, 2.05) is 19.0 Å². The van der Waals surface area contributed by atoms with Gasteiger partial charge in [0.2, 0.25) is 5.91 Å². The van der Waals surface area contributed by atoms with E-state index in [0.717, 1.165) is 19.4 Å². The molecule has 0 spiro atoms. The second kappa shape index (κ2) is 21.9. The Hall–Kier alpha value is -1.10. The summed E-state index contributed by atoms with van der Waals surface area (Å²) in [5.41, 5.74) is 4.88. The lowest BCUT2D eigenvalue weighted by atomic mass is 10.0. The van der Waals surface area contributed by atoms with Gasteiger partial charge < -0.3 is 15.7 Å². The molecular weight excluding hydrogens is 328 g/mol. The Labute approximate surface area is 161 Å². The molecule has 0 atom stereocenters. The second-order valence-electron chi connectivity index (χ2n) is 7.41. The largest absolute Gasteiger partial charge is 0.481 e. The molecule has 0 aliphatic rings. The third-order valence-corrected chi connectivity index (χ3v) is 4.30. The van der Waals surface area contributed by atoms with Crippen LogP contribution < -0.4 is 5.73 Å². The summed E-state index contributed by atoms with van der Waals surface area (Å²) in [5, 5.41) is 8.49. The minimum atomic E-state index is -0.655. The molecule has 0 radical (unpaired) electrons. The second-order valence-corrected chi connectivity index (χ2v) is 7.41. The monoisotopic (exact) mass is 372 g/mol. The zero-order chi connectivity index (χ0) is 20.0. The number of primary amides is 1. The lowest BCUT2D eigenvalue weighted by Gasteiger charge is -2.05. The topological polar surface area (TPSA) is 83.6 Å². The highest BCUT2D eigenvalue weighted by atomic mass is 16.4. The summed E-state index contributed by atoms with van der Waals surface area (Å²) >= 11 is 0. The Kier molecular flexibility index (Phi) is 22.9. The van der Waals surface area contributed by atoms with Gasteiger partial charge in [-0.05, 0) is 20.5 Å². The van der Waals surface area contributed by atoms with Gasteiger partial charge in [0.05, 0.1) is 0 Å². The quantitative estimate of drug-likeness (QED) is 0.353. The van der Waals surface area contributed by atoms with Gasteiger partial charge in [0.25, 0.3) is 0 Å². The van der Waals surface area contributed by atoms with Crippen LogP contribution in [0.25, 0.3) is 0 Å². The van der Waals surface area contributed by atoms with Crippen LogP contribution in [0.15, 0.2) is 0 Å². The van der Waals surface area contributed by atoms with E-state index in [9.17, 15) is 9.59 Å². The van der Waals surface area contributed by atoms with Gasteiger partial charge in [-0.25, -0.2) is 0 Å². The highest BCUT2D eigenvalue weighted by Crippen LogP contribution is 2.12. The molecule has 0 aromatic rings. The summed E-state index contributed by atoms with van der Waals surface area (Å²) in [6, 6.07) is 0. The molecule has 0 saturated heterocycles. The molecule has 0 fully saturated rings. The number of carboxylic acid groups (broad SMARTS) is 1. The number of hydrogen-bond donors (Lipinski definition) is 2. The Morgan fingerprint density at radius 3 is 1.38 bits per heavy atom. The van der Waals surface area contributed by atoms with Gasteiger partial charge in [-0.2, -0.15) is 0 Å². The van der Waals surface area contributed by atoms with Gasteiger partial charge in [-0.3, -0.25) is 9.59 Å². The first-order chi connectivity index (χ1) is 12.4. The molecule has 26 heavy (non-hydrogen) atoms. The highest BCUT2D eigenvalue weighted by molar-refractivity contribution is 5.73. The average Bonchev–Trinajstić information content (AvgIpc) is 2.57. The van der Waals surface area contributed by atoms with Gasteiger partial charge in [0.15, 0.2) is 0 Å². The number of nitrogens with zero attached hydrogens (tertiary/aromatic N) is 1. The van der Waals surface area contributed by atoms with Crippen molar-refractivity contribution in [3.63, 3.8) is 0 Å². The molecule has 0 saturated carbocycles. The first-order valence-corrected chi connectivity index (χ1v) is 10.5. The Morgan fingerprint density at radius 2 is 1.12 bits per heavy atom. The van der Waals surface area contributed by atoms with Crippen LogP contribution in [0.3, 0.4) is 0 Å². The number of nitrogens with two attached hydrogens (primary N) is 1. The summed E-state index contributed by atoms with van der Waals surface area (Å²) in [4.78, 5) is 22.3. The van der Waals surface area contributed by atoms with Crippen LogP contribution in [-0.2, 0) is 9.59 Å². The van der Waals surface area contributed by atoms with Gasteiger partial charge in [-0.15, -0.1) is 0 Å². The standard InChI is InChI=1S/C16H32O2.C5H12N2O/c1-2-3-4-5-6-7-8-9-10-11-12-13-14-15-16(17)18;1-7(2)4-3-5(6)8/h2-15H2,1H3,(H,17,18);3-4H2,1-2H3,(H2,6,8). The van der Waals surface area contributed by atoms with Crippen molar-refractivity contribution in [1.29, 1.82) is 0 Å². The van der Waals surface area contributed by atoms with Gasteiger partial charge in [0.1, 0.15) is 0 Å². The van der Waals surface area contributed by atoms with E-state index in [1.54, 1.807) is 0 Å². The van der Waals surface area contributed by atoms with E-state index >= 15 is 0 Å². The van der Waals surface area contributed by atoms with E-state index < -0.39 is 5.97 Å². The average molecular weight is 373 g/mol. The number of carboxylic acids is 1. The fourth-order valence-electron chi connectivity index (χ4n) is 2.63. The Morgan fingerprint density at radius 1 is 0.731 bits per heavy atom. The van der Waals surface area contributed by atoms with E-state index in [-0.39, 0.29) is 5.91 Å². The lowest BCUT2D eigenvalue weighted by molar-refractivity contribution is -0.137. The number of carbonyl (C=O) groups is 2. The molecule has 1 amide bonds. The first-order valence-electron chi connectivity index (χ1n) is 10.5. The molecule has 0 aliphatic heterocycles. The molecule has 0 aromatic heterocycles. The summed E-state index contributed by atoms with van der Waals surface area (Å²) < 4.78 is 0. The maximum atomic E-state index is 10.3. The number of unbranched alkanes of at least 4 members (excludes halogenated alkanes) is 12. The van der Waals surface area contributed by atoms with Gasteiger partial charge in [0, 0.05) is 19.4 Å². The fourth-order valence-corrected chi connectivity index (χ4v) is 2.63. The van der Waals surface area contributed by atoms with Crippen LogP contribution >= 0.6 is 0 Å². The molecule has 0 bridgehead atoms. The molecule has 5 nitrogen and oxygen atoms in total. The van der Waals surface area contributed by atoms with Crippen LogP contribution in [-0.4, -0.2) is 42.5 Å². The fraction of sp³-hybridized carbons (Fsp3) is 0.905. The minimum absolute atomic E-state index is 0.237. The number of hydrogen-bond acceptors (Lipinski definition) is 3. The van der Waals surface area contributed by atoms with Crippen molar-refractivity contribution in [2.75, 3.05) is 20.6 Å². The van der Waals surface area contributed by atoms with E-state index in [1.165, 1.54) is 70.6 Å². The van der Waals surface area contributed by atoms with Gasteiger partial charge in [-0.1, -0.05) is 84.0 Å².